The van der Waals surface area contributed by atoms with Gasteiger partial charge in [-0.3, -0.25) is 4.79 Å². The third kappa shape index (κ3) is 2.66. The minimum atomic E-state index is -2.92. The second kappa shape index (κ2) is 5.86. The van der Waals surface area contributed by atoms with Crippen molar-refractivity contribution in [3.63, 3.8) is 0 Å². The smallest absolute Gasteiger partial charge is 0.283 e. The molecule has 2 aliphatic carbocycles. The van der Waals surface area contributed by atoms with Crippen LogP contribution in [0.3, 0.4) is 0 Å². The van der Waals surface area contributed by atoms with Crippen molar-refractivity contribution < 1.29 is 13.6 Å². The number of benzene rings is 1. The third-order valence-electron chi connectivity index (χ3n) is 5.50. The molecule has 0 bridgehead atoms. The summed E-state index contributed by atoms with van der Waals surface area (Å²) in [6, 6.07) is 6.78. The predicted octanol–water partition coefficient (Wildman–Crippen LogP) is 4.11. The lowest BCUT2D eigenvalue weighted by molar-refractivity contribution is -0.115. The number of Topliss-reactive ketones (excluding diaryl/α,β-unsaturated/α-hetero) is 1. The van der Waals surface area contributed by atoms with E-state index in [1.165, 1.54) is 6.07 Å². The molecule has 1 aromatic carbocycles. The number of hydrogen-bond donors (Lipinski definition) is 1. The van der Waals surface area contributed by atoms with Crippen molar-refractivity contribution in [2.75, 3.05) is 0 Å². The van der Waals surface area contributed by atoms with Crippen LogP contribution >= 0.6 is 9.24 Å². The van der Waals surface area contributed by atoms with Gasteiger partial charge in [-0.2, -0.15) is 8.78 Å². The summed E-state index contributed by atoms with van der Waals surface area (Å²) in [4.78, 5) is 12.4. The van der Waals surface area contributed by atoms with E-state index in [0.29, 0.717) is 6.42 Å². The second-order valence-electron chi connectivity index (χ2n) is 6.93. The SMILES string of the molecule is O=C1CCCC2C(c3cccc(C(F)(F)P)c3)NC3C=CC=C1C32. The number of hydrogen-bond acceptors (Lipinski definition) is 2. The van der Waals surface area contributed by atoms with E-state index in [4.69, 9.17) is 0 Å². The van der Waals surface area contributed by atoms with Crippen molar-refractivity contribution in [1.29, 1.82) is 0 Å². The number of nitrogens with one attached hydrogen (secondary N) is 1. The molecule has 1 aromatic rings. The van der Waals surface area contributed by atoms with E-state index in [-0.39, 0.29) is 35.3 Å². The first-order valence-corrected chi connectivity index (χ1v) is 8.97. The average Bonchev–Trinajstić information content (AvgIpc) is 2.84. The lowest BCUT2D eigenvalue weighted by Gasteiger charge is -2.25. The first-order chi connectivity index (χ1) is 11.4. The molecular formula is C19H20F2NOP. The van der Waals surface area contributed by atoms with E-state index >= 15 is 0 Å². The van der Waals surface area contributed by atoms with E-state index in [1.807, 2.05) is 18.2 Å². The molecule has 5 heteroatoms. The van der Waals surface area contributed by atoms with Crippen molar-refractivity contribution in [1.82, 2.24) is 5.32 Å². The fraction of sp³-hybridized carbons (Fsp3) is 0.421. The van der Waals surface area contributed by atoms with Crippen molar-refractivity contribution in [2.24, 2.45) is 11.8 Å². The van der Waals surface area contributed by atoms with Crippen LogP contribution in [0.25, 0.3) is 0 Å². The summed E-state index contributed by atoms with van der Waals surface area (Å²) >= 11 is 0. The van der Waals surface area contributed by atoms with Crippen LogP contribution < -0.4 is 5.32 Å². The Balaban J connectivity index is 1.72. The van der Waals surface area contributed by atoms with E-state index in [9.17, 15) is 13.6 Å². The number of halogens is 2. The molecule has 2 fully saturated rings. The van der Waals surface area contributed by atoms with Crippen molar-refractivity contribution in [3.05, 3.63) is 59.2 Å². The molecule has 1 saturated carbocycles. The van der Waals surface area contributed by atoms with Crippen LogP contribution in [0.15, 0.2) is 48.1 Å². The lowest BCUT2D eigenvalue weighted by Crippen LogP contribution is -2.30. The maximum atomic E-state index is 13.7. The van der Waals surface area contributed by atoms with Crippen molar-refractivity contribution >= 4 is 15.0 Å². The van der Waals surface area contributed by atoms with Crippen LogP contribution in [0.1, 0.15) is 36.4 Å². The molecule has 0 amide bonds. The van der Waals surface area contributed by atoms with Gasteiger partial charge in [0.1, 0.15) is 0 Å². The summed E-state index contributed by atoms with van der Waals surface area (Å²) in [7, 11) is 1.60. The minimum Gasteiger partial charge on any atom is -0.303 e. The third-order valence-corrected chi connectivity index (χ3v) is 5.83. The van der Waals surface area contributed by atoms with Gasteiger partial charge in [-0.25, -0.2) is 0 Å². The quantitative estimate of drug-likeness (QED) is 0.816. The molecule has 1 saturated heterocycles. The van der Waals surface area contributed by atoms with Crippen LogP contribution in [0.5, 0.6) is 0 Å². The predicted molar refractivity (Wildman–Crippen MR) is 92.8 cm³/mol. The number of allylic oxidation sites excluding steroid dienone is 2. The van der Waals surface area contributed by atoms with Crippen LogP contribution in [-0.4, -0.2) is 11.8 Å². The topological polar surface area (TPSA) is 29.1 Å². The zero-order chi connectivity index (χ0) is 16.9. The Hall–Kier alpha value is -1.38. The van der Waals surface area contributed by atoms with Crippen molar-refractivity contribution in [2.45, 2.75) is 37.0 Å². The zero-order valence-corrected chi connectivity index (χ0v) is 14.4. The Kier molecular flexibility index (Phi) is 3.93. The summed E-state index contributed by atoms with van der Waals surface area (Å²) in [5.74, 6) is 0.672. The molecule has 24 heavy (non-hydrogen) atoms. The Bertz CT molecular complexity index is 737. The number of carbonyl (C=O) groups is 1. The highest BCUT2D eigenvalue weighted by Gasteiger charge is 2.47. The van der Waals surface area contributed by atoms with Crippen LogP contribution in [-0.2, 0) is 10.5 Å². The van der Waals surface area contributed by atoms with Crippen LogP contribution in [0, 0.1) is 11.8 Å². The van der Waals surface area contributed by atoms with Gasteiger partial charge in [0.15, 0.2) is 5.78 Å². The maximum absolute atomic E-state index is 13.7. The molecule has 0 radical (unpaired) electrons. The molecule has 2 nitrogen and oxygen atoms in total. The Morgan fingerprint density at radius 1 is 1.29 bits per heavy atom. The minimum absolute atomic E-state index is 0.00403. The van der Waals surface area contributed by atoms with E-state index in [1.54, 1.807) is 21.4 Å². The molecule has 126 valence electrons. The van der Waals surface area contributed by atoms with Gasteiger partial charge in [0.05, 0.1) is 0 Å². The average molecular weight is 347 g/mol. The Labute approximate surface area is 142 Å². The largest absolute Gasteiger partial charge is 0.303 e. The molecule has 1 aliphatic heterocycles. The molecule has 5 atom stereocenters. The van der Waals surface area contributed by atoms with Crippen molar-refractivity contribution in [3.8, 4) is 0 Å². The fourth-order valence-corrected chi connectivity index (χ4v) is 4.63. The maximum Gasteiger partial charge on any atom is 0.283 e. The summed E-state index contributed by atoms with van der Waals surface area (Å²) in [5, 5.41) is 3.58. The molecule has 5 unspecified atom stereocenters. The normalized spacial score (nSPS) is 32.3. The number of rotatable bonds is 2. The van der Waals surface area contributed by atoms with E-state index in [0.717, 1.165) is 24.0 Å². The van der Waals surface area contributed by atoms with Gasteiger partial charge in [-0.15, -0.1) is 0 Å². The molecule has 0 aromatic heterocycles. The molecule has 1 N–H and O–H groups in total. The summed E-state index contributed by atoms with van der Waals surface area (Å²) in [6.07, 6.45) is 8.38. The van der Waals surface area contributed by atoms with Gasteiger partial charge < -0.3 is 5.32 Å². The van der Waals surface area contributed by atoms with Gasteiger partial charge in [-0.05, 0) is 30.4 Å². The first kappa shape index (κ1) is 16.1. The van der Waals surface area contributed by atoms with Gasteiger partial charge >= 0.3 is 0 Å². The van der Waals surface area contributed by atoms with Gasteiger partial charge in [0, 0.05) is 35.6 Å². The Morgan fingerprint density at radius 2 is 2.12 bits per heavy atom. The summed E-state index contributed by atoms with van der Waals surface area (Å²) in [5.41, 5.74) is -1.12. The molecule has 1 heterocycles. The number of ketones is 1. The van der Waals surface area contributed by atoms with E-state index in [2.05, 4.69) is 11.4 Å². The molecule has 0 spiro atoms. The highest BCUT2D eigenvalue weighted by atomic mass is 31.0. The molecule has 3 aliphatic rings. The highest BCUT2D eigenvalue weighted by molar-refractivity contribution is 7.17. The second-order valence-corrected chi connectivity index (χ2v) is 7.66. The monoisotopic (exact) mass is 347 g/mol. The van der Waals surface area contributed by atoms with Gasteiger partial charge in [-0.1, -0.05) is 45.7 Å². The van der Waals surface area contributed by atoms with Gasteiger partial charge in [0.25, 0.3) is 5.66 Å². The Morgan fingerprint density at radius 3 is 2.92 bits per heavy atom. The summed E-state index contributed by atoms with van der Waals surface area (Å²) < 4.78 is 27.3. The fourth-order valence-electron chi connectivity index (χ4n) is 4.45. The highest BCUT2D eigenvalue weighted by Crippen LogP contribution is 2.48. The van der Waals surface area contributed by atoms with E-state index < -0.39 is 5.66 Å². The van der Waals surface area contributed by atoms with Crippen LogP contribution in [0.4, 0.5) is 8.78 Å². The zero-order valence-electron chi connectivity index (χ0n) is 13.2. The number of carbonyl (C=O) groups excluding carboxylic acids is 1. The standard InChI is InChI=1S/C19H20F2NOP/c20-19(21,24)12-5-1-4-11(10-12)18-14-7-3-9-16(23)13-6-2-8-15(22-18)17(13)14/h1-2,4-6,8,10,14-15,17-18,22H,3,7,9,24H2. The van der Waals surface area contributed by atoms with Crippen LogP contribution in [0.2, 0.25) is 0 Å². The summed E-state index contributed by atoms with van der Waals surface area (Å²) in [6.45, 7) is 0. The van der Waals surface area contributed by atoms with Gasteiger partial charge in [0.2, 0.25) is 0 Å². The lowest BCUT2D eigenvalue weighted by atomic mass is 9.77. The molecular weight excluding hydrogens is 327 g/mol. The first-order valence-electron chi connectivity index (χ1n) is 8.40. The number of alkyl halides is 2. The molecule has 4 rings (SSSR count).